The first kappa shape index (κ1) is 16.4. The van der Waals surface area contributed by atoms with E-state index < -0.39 is 12.1 Å². The smallest absolute Gasteiger partial charge is 0.243 e. The Morgan fingerprint density at radius 3 is 2.67 bits per heavy atom. The highest BCUT2D eigenvalue weighted by atomic mass is 16.5. The van der Waals surface area contributed by atoms with Crippen molar-refractivity contribution in [1.29, 1.82) is 0 Å². The SMILES string of the molecule is CC1CCC(OCC(O)CNC2CCC(=O)NC2=O)CC1. The topological polar surface area (TPSA) is 87.7 Å². The molecule has 0 aromatic carbocycles. The molecule has 2 aliphatic rings. The van der Waals surface area contributed by atoms with Crippen LogP contribution < -0.4 is 10.6 Å². The summed E-state index contributed by atoms with van der Waals surface area (Å²) in [4.78, 5) is 22.6. The monoisotopic (exact) mass is 298 g/mol. The Morgan fingerprint density at radius 2 is 2.00 bits per heavy atom. The molecule has 1 aliphatic carbocycles. The van der Waals surface area contributed by atoms with E-state index in [1.807, 2.05) is 0 Å². The van der Waals surface area contributed by atoms with E-state index in [-0.39, 0.29) is 17.9 Å². The van der Waals surface area contributed by atoms with Crippen LogP contribution in [0.2, 0.25) is 0 Å². The maximum Gasteiger partial charge on any atom is 0.243 e. The average molecular weight is 298 g/mol. The molecule has 2 unspecified atom stereocenters. The van der Waals surface area contributed by atoms with Gasteiger partial charge < -0.3 is 15.2 Å². The van der Waals surface area contributed by atoms with Crippen molar-refractivity contribution in [3.05, 3.63) is 0 Å². The molecule has 6 heteroatoms. The molecule has 0 aromatic rings. The molecule has 0 bridgehead atoms. The number of aliphatic hydroxyl groups is 1. The summed E-state index contributed by atoms with van der Waals surface area (Å²) in [5.41, 5.74) is 0. The summed E-state index contributed by atoms with van der Waals surface area (Å²) >= 11 is 0. The third-order valence-electron chi connectivity index (χ3n) is 4.33. The lowest BCUT2D eigenvalue weighted by atomic mass is 9.89. The molecule has 1 saturated carbocycles. The Hall–Kier alpha value is -0.980. The summed E-state index contributed by atoms with van der Waals surface area (Å²) in [5, 5.41) is 15.2. The van der Waals surface area contributed by atoms with Crippen molar-refractivity contribution in [2.75, 3.05) is 13.2 Å². The number of amides is 2. The van der Waals surface area contributed by atoms with Crippen LogP contribution in [0.4, 0.5) is 0 Å². The zero-order valence-electron chi connectivity index (χ0n) is 12.6. The minimum absolute atomic E-state index is 0.228. The molecule has 3 N–H and O–H groups in total. The van der Waals surface area contributed by atoms with Gasteiger partial charge in [0.25, 0.3) is 0 Å². The lowest BCUT2D eigenvalue weighted by Crippen LogP contribution is -2.52. The van der Waals surface area contributed by atoms with E-state index in [9.17, 15) is 14.7 Å². The van der Waals surface area contributed by atoms with Gasteiger partial charge in [-0.2, -0.15) is 0 Å². The molecule has 0 aromatic heterocycles. The van der Waals surface area contributed by atoms with Gasteiger partial charge in [0.2, 0.25) is 11.8 Å². The second-order valence-corrected chi connectivity index (χ2v) is 6.28. The normalized spacial score (nSPS) is 31.8. The second kappa shape index (κ2) is 7.87. The molecular formula is C15H26N2O4. The number of imide groups is 1. The Morgan fingerprint density at radius 1 is 1.29 bits per heavy atom. The lowest BCUT2D eigenvalue weighted by Gasteiger charge is -2.27. The standard InChI is InChI=1S/C15H26N2O4/c1-10-2-4-12(5-3-10)21-9-11(18)8-16-13-6-7-14(19)17-15(13)20/h10-13,16,18H,2-9H2,1H3,(H,17,19,20). The predicted molar refractivity (Wildman–Crippen MR) is 77.6 cm³/mol. The van der Waals surface area contributed by atoms with Gasteiger partial charge in [-0.15, -0.1) is 0 Å². The van der Waals surface area contributed by atoms with Crippen molar-refractivity contribution in [2.24, 2.45) is 5.92 Å². The van der Waals surface area contributed by atoms with Crippen molar-refractivity contribution in [2.45, 2.75) is 63.7 Å². The van der Waals surface area contributed by atoms with Crippen LogP contribution in [0.5, 0.6) is 0 Å². The Kier molecular flexibility index (Phi) is 6.14. The average Bonchev–Trinajstić information content (AvgIpc) is 2.46. The maximum atomic E-state index is 11.5. The fourth-order valence-electron chi connectivity index (χ4n) is 2.87. The molecule has 6 nitrogen and oxygen atoms in total. The first-order chi connectivity index (χ1) is 10.0. The van der Waals surface area contributed by atoms with Crippen LogP contribution in [0.3, 0.4) is 0 Å². The fraction of sp³-hybridized carbons (Fsp3) is 0.867. The quantitative estimate of drug-likeness (QED) is 0.615. The zero-order valence-corrected chi connectivity index (χ0v) is 12.6. The van der Waals surface area contributed by atoms with Gasteiger partial charge in [0.05, 0.1) is 24.9 Å². The largest absolute Gasteiger partial charge is 0.389 e. The predicted octanol–water partition coefficient (Wildman–Crippen LogP) is 0.337. The molecule has 2 rings (SSSR count). The van der Waals surface area contributed by atoms with Crippen LogP contribution in [0.25, 0.3) is 0 Å². The van der Waals surface area contributed by atoms with Crippen LogP contribution in [0, 0.1) is 5.92 Å². The number of hydrogen-bond acceptors (Lipinski definition) is 5. The van der Waals surface area contributed by atoms with Crippen LogP contribution >= 0.6 is 0 Å². The first-order valence-corrected chi connectivity index (χ1v) is 7.91. The summed E-state index contributed by atoms with van der Waals surface area (Å²) < 4.78 is 5.73. The summed E-state index contributed by atoms with van der Waals surface area (Å²) in [6.45, 7) is 2.85. The zero-order chi connectivity index (χ0) is 15.2. The van der Waals surface area contributed by atoms with Crippen LogP contribution in [0.1, 0.15) is 45.4 Å². The highest BCUT2D eigenvalue weighted by Crippen LogP contribution is 2.25. The third-order valence-corrected chi connectivity index (χ3v) is 4.33. The number of rotatable bonds is 6. The molecule has 21 heavy (non-hydrogen) atoms. The molecule has 2 amide bonds. The van der Waals surface area contributed by atoms with Crippen molar-refractivity contribution in [3.8, 4) is 0 Å². The number of piperidine rings is 1. The lowest BCUT2D eigenvalue weighted by molar-refractivity contribution is -0.134. The van der Waals surface area contributed by atoms with E-state index in [1.54, 1.807) is 0 Å². The van der Waals surface area contributed by atoms with Crippen molar-refractivity contribution < 1.29 is 19.4 Å². The van der Waals surface area contributed by atoms with Crippen molar-refractivity contribution in [3.63, 3.8) is 0 Å². The third kappa shape index (κ3) is 5.37. The number of hydrogen-bond donors (Lipinski definition) is 3. The molecule has 120 valence electrons. The maximum absolute atomic E-state index is 11.5. The summed E-state index contributed by atoms with van der Waals surface area (Å²) in [6.07, 6.45) is 4.96. The molecule has 0 spiro atoms. The Labute approximate surface area is 125 Å². The minimum atomic E-state index is -0.630. The number of nitrogens with one attached hydrogen (secondary N) is 2. The number of carbonyl (C=O) groups is 2. The van der Waals surface area contributed by atoms with Gasteiger partial charge in [0, 0.05) is 13.0 Å². The molecule has 1 aliphatic heterocycles. The van der Waals surface area contributed by atoms with Crippen LogP contribution in [-0.4, -0.2) is 48.3 Å². The van der Waals surface area contributed by atoms with Gasteiger partial charge in [-0.25, -0.2) is 0 Å². The first-order valence-electron chi connectivity index (χ1n) is 7.91. The van der Waals surface area contributed by atoms with Crippen LogP contribution in [0.15, 0.2) is 0 Å². The van der Waals surface area contributed by atoms with Crippen molar-refractivity contribution in [1.82, 2.24) is 10.6 Å². The van der Waals surface area contributed by atoms with Gasteiger partial charge in [0.1, 0.15) is 0 Å². The number of carbonyl (C=O) groups excluding carboxylic acids is 2. The number of ether oxygens (including phenoxy) is 1. The van der Waals surface area contributed by atoms with E-state index >= 15 is 0 Å². The molecule has 0 radical (unpaired) electrons. The van der Waals surface area contributed by atoms with E-state index in [2.05, 4.69) is 17.6 Å². The molecule has 1 heterocycles. The summed E-state index contributed by atoms with van der Waals surface area (Å²) in [6, 6.07) is -0.395. The van der Waals surface area contributed by atoms with E-state index in [0.29, 0.717) is 26.0 Å². The second-order valence-electron chi connectivity index (χ2n) is 6.28. The number of aliphatic hydroxyl groups excluding tert-OH is 1. The fourth-order valence-corrected chi connectivity index (χ4v) is 2.87. The molecule has 2 atom stereocenters. The highest BCUT2D eigenvalue weighted by molar-refractivity contribution is 6.00. The summed E-state index contributed by atoms with van der Waals surface area (Å²) in [5.74, 6) is 0.248. The molecular weight excluding hydrogens is 272 g/mol. The molecule has 2 fully saturated rings. The van der Waals surface area contributed by atoms with Gasteiger partial charge in [-0.05, 0) is 38.0 Å². The van der Waals surface area contributed by atoms with E-state index in [0.717, 1.165) is 18.8 Å². The highest BCUT2D eigenvalue weighted by Gasteiger charge is 2.26. The van der Waals surface area contributed by atoms with Crippen LogP contribution in [-0.2, 0) is 14.3 Å². The van der Waals surface area contributed by atoms with Gasteiger partial charge >= 0.3 is 0 Å². The molecule has 1 saturated heterocycles. The minimum Gasteiger partial charge on any atom is -0.389 e. The van der Waals surface area contributed by atoms with Gasteiger partial charge in [0.15, 0.2) is 0 Å². The van der Waals surface area contributed by atoms with Gasteiger partial charge in [-0.3, -0.25) is 14.9 Å². The van der Waals surface area contributed by atoms with E-state index in [1.165, 1.54) is 12.8 Å². The Bertz CT molecular complexity index is 367. The van der Waals surface area contributed by atoms with Gasteiger partial charge in [-0.1, -0.05) is 6.92 Å². The van der Waals surface area contributed by atoms with E-state index in [4.69, 9.17) is 4.74 Å². The Balaban J connectivity index is 1.60. The summed E-state index contributed by atoms with van der Waals surface area (Å²) in [7, 11) is 0. The van der Waals surface area contributed by atoms with Crippen molar-refractivity contribution >= 4 is 11.8 Å².